The second kappa shape index (κ2) is 8.24. The van der Waals surface area contributed by atoms with Crippen LogP contribution in [-0.4, -0.2) is 19.5 Å². The first-order valence-electron chi connectivity index (χ1n) is 10.4. The van der Waals surface area contributed by atoms with Crippen LogP contribution in [0.2, 0.25) is 0 Å². The van der Waals surface area contributed by atoms with Gasteiger partial charge in [0, 0.05) is 5.56 Å². The quantitative estimate of drug-likeness (QED) is 0.486. The summed E-state index contributed by atoms with van der Waals surface area (Å²) in [6, 6.07) is 20.9. The number of rotatable bonds is 5. The minimum Gasteiger partial charge on any atom is -0.478 e. The lowest BCUT2D eigenvalue weighted by atomic mass is 9.74. The van der Waals surface area contributed by atoms with Crippen LogP contribution in [0.15, 0.2) is 83.8 Å². The van der Waals surface area contributed by atoms with Gasteiger partial charge in [-0.05, 0) is 52.8 Å². The number of carboxylic acid groups (broad SMARTS) is 1. The number of allylic oxidation sites excluding steroid dienone is 1. The summed E-state index contributed by atoms with van der Waals surface area (Å²) < 4.78 is 27.1. The molecule has 1 N–H and O–H groups in total. The molecule has 32 heavy (non-hydrogen) atoms. The fraction of sp³-hybridized carbons (Fsp3) is 0.148. The average Bonchev–Trinajstić information content (AvgIpc) is 2.78. The van der Waals surface area contributed by atoms with E-state index in [1.165, 1.54) is 0 Å². The molecule has 0 heterocycles. The van der Waals surface area contributed by atoms with E-state index >= 15 is 0 Å². The zero-order valence-corrected chi connectivity index (χ0v) is 18.8. The first-order valence-corrected chi connectivity index (χ1v) is 11.8. The van der Waals surface area contributed by atoms with Crippen molar-refractivity contribution in [2.75, 3.05) is 0 Å². The average molecular weight is 445 g/mol. The van der Waals surface area contributed by atoms with Gasteiger partial charge in [-0.2, -0.15) is 0 Å². The smallest absolute Gasteiger partial charge is 0.335 e. The molecule has 5 heteroatoms. The van der Waals surface area contributed by atoms with Crippen molar-refractivity contribution in [2.24, 2.45) is 0 Å². The Balaban J connectivity index is 1.82. The summed E-state index contributed by atoms with van der Waals surface area (Å²) >= 11 is 0. The van der Waals surface area contributed by atoms with E-state index in [9.17, 15) is 13.2 Å². The van der Waals surface area contributed by atoms with Crippen molar-refractivity contribution >= 4 is 32.9 Å². The Morgan fingerprint density at radius 2 is 1.59 bits per heavy atom. The van der Waals surface area contributed by atoms with E-state index in [1.807, 2.05) is 36.4 Å². The Hall–Kier alpha value is -3.44. The van der Waals surface area contributed by atoms with Gasteiger partial charge in [0.2, 0.25) is 9.84 Å². The van der Waals surface area contributed by atoms with E-state index in [2.05, 4.69) is 13.8 Å². The SMILES string of the molecule is CC1(C)CC=C(S(=O)(=O)c2ccccc2)c2c(C=Cc3ccc(C(=O)O)cc3)cccc21. The third kappa shape index (κ3) is 4.04. The lowest BCUT2D eigenvalue weighted by molar-refractivity contribution is 0.0697. The van der Waals surface area contributed by atoms with E-state index < -0.39 is 15.8 Å². The Bertz CT molecular complexity index is 1330. The number of benzene rings is 3. The van der Waals surface area contributed by atoms with Crippen molar-refractivity contribution in [3.05, 3.63) is 107 Å². The minimum atomic E-state index is -3.68. The van der Waals surface area contributed by atoms with Crippen LogP contribution in [0.25, 0.3) is 17.1 Å². The van der Waals surface area contributed by atoms with E-state index in [0.29, 0.717) is 11.3 Å². The molecule has 162 valence electrons. The highest BCUT2D eigenvalue weighted by Crippen LogP contribution is 2.44. The van der Waals surface area contributed by atoms with Crippen LogP contribution in [0.5, 0.6) is 0 Å². The zero-order valence-electron chi connectivity index (χ0n) is 17.9. The fourth-order valence-corrected chi connectivity index (χ4v) is 5.57. The maximum atomic E-state index is 13.5. The van der Waals surface area contributed by atoms with Crippen LogP contribution >= 0.6 is 0 Å². The molecule has 0 aliphatic heterocycles. The Kier molecular flexibility index (Phi) is 5.61. The van der Waals surface area contributed by atoms with Crippen LogP contribution in [0.4, 0.5) is 0 Å². The topological polar surface area (TPSA) is 71.4 Å². The minimum absolute atomic E-state index is 0.196. The molecule has 1 aliphatic rings. The monoisotopic (exact) mass is 444 g/mol. The maximum absolute atomic E-state index is 13.5. The molecule has 0 aromatic heterocycles. The van der Waals surface area contributed by atoms with Gasteiger partial charge in [-0.15, -0.1) is 0 Å². The molecule has 0 atom stereocenters. The summed E-state index contributed by atoms with van der Waals surface area (Å²) in [5.41, 5.74) is 3.39. The third-order valence-electron chi connectivity index (χ3n) is 5.83. The summed E-state index contributed by atoms with van der Waals surface area (Å²) in [7, 11) is -3.68. The molecule has 0 saturated carbocycles. The summed E-state index contributed by atoms with van der Waals surface area (Å²) in [6.07, 6.45) is 6.23. The molecule has 0 bridgehead atoms. The van der Waals surface area contributed by atoms with Gasteiger partial charge in [0.25, 0.3) is 0 Å². The number of hydrogen-bond acceptors (Lipinski definition) is 3. The lowest BCUT2D eigenvalue weighted by Gasteiger charge is -2.33. The summed E-state index contributed by atoms with van der Waals surface area (Å²) in [4.78, 5) is 11.7. The molecule has 0 unspecified atom stereocenters. The Morgan fingerprint density at radius 3 is 2.25 bits per heavy atom. The van der Waals surface area contributed by atoms with Crippen molar-refractivity contribution < 1.29 is 18.3 Å². The molecule has 0 saturated heterocycles. The van der Waals surface area contributed by atoms with Crippen LogP contribution in [0.3, 0.4) is 0 Å². The number of carboxylic acids is 1. The van der Waals surface area contributed by atoms with E-state index in [1.54, 1.807) is 54.6 Å². The van der Waals surface area contributed by atoms with Crippen LogP contribution in [0.1, 0.15) is 52.9 Å². The number of carbonyl (C=O) groups is 1. The fourth-order valence-electron chi connectivity index (χ4n) is 4.00. The molecular formula is C27H24O4S. The molecule has 3 aromatic rings. The molecular weight excluding hydrogens is 420 g/mol. The van der Waals surface area contributed by atoms with E-state index in [-0.39, 0.29) is 15.9 Å². The lowest BCUT2D eigenvalue weighted by Crippen LogP contribution is -2.24. The standard InChI is InChI=1S/C27H24O4S/c1-27(2)18-17-24(32(30,31)22-8-4-3-5-9-22)25-20(7-6-10-23(25)27)14-11-19-12-15-21(16-13-19)26(28)29/h3-17H,18H2,1-2H3,(H,28,29). The number of aromatic carboxylic acids is 1. The van der Waals surface area contributed by atoms with Crippen molar-refractivity contribution in [1.82, 2.24) is 0 Å². The highest BCUT2D eigenvalue weighted by Gasteiger charge is 2.34. The summed E-state index contributed by atoms with van der Waals surface area (Å²) in [5.74, 6) is -0.971. The largest absolute Gasteiger partial charge is 0.478 e. The molecule has 4 rings (SSSR count). The molecule has 4 nitrogen and oxygen atoms in total. The first kappa shape index (κ1) is 21.8. The van der Waals surface area contributed by atoms with Crippen molar-refractivity contribution in [2.45, 2.75) is 30.6 Å². The molecule has 0 fully saturated rings. The van der Waals surface area contributed by atoms with Crippen LogP contribution in [0, 0.1) is 0 Å². The van der Waals surface area contributed by atoms with Crippen molar-refractivity contribution in [1.29, 1.82) is 0 Å². The molecule has 3 aromatic carbocycles. The predicted molar refractivity (Wildman–Crippen MR) is 128 cm³/mol. The molecule has 1 aliphatic carbocycles. The third-order valence-corrected chi connectivity index (χ3v) is 7.67. The number of hydrogen-bond donors (Lipinski definition) is 1. The molecule has 0 radical (unpaired) electrons. The normalized spacial score (nSPS) is 15.2. The highest BCUT2D eigenvalue weighted by molar-refractivity contribution is 8.00. The summed E-state index contributed by atoms with van der Waals surface area (Å²) in [5, 5.41) is 9.08. The van der Waals surface area contributed by atoms with Gasteiger partial charge in [-0.1, -0.05) is 80.6 Å². The van der Waals surface area contributed by atoms with Gasteiger partial charge < -0.3 is 5.11 Å². The van der Waals surface area contributed by atoms with Gasteiger partial charge in [0.1, 0.15) is 0 Å². The summed E-state index contributed by atoms with van der Waals surface area (Å²) in [6.45, 7) is 4.23. The van der Waals surface area contributed by atoms with Gasteiger partial charge in [-0.3, -0.25) is 0 Å². The van der Waals surface area contributed by atoms with Crippen molar-refractivity contribution in [3.8, 4) is 0 Å². The second-order valence-corrected chi connectivity index (χ2v) is 10.4. The van der Waals surface area contributed by atoms with Gasteiger partial charge in [0.15, 0.2) is 0 Å². The van der Waals surface area contributed by atoms with E-state index in [4.69, 9.17) is 5.11 Å². The van der Waals surface area contributed by atoms with Gasteiger partial charge >= 0.3 is 5.97 Å². The Morgan fingerprint density at radius 1 is 0.906 bits per heavy atom. The van der Waals surface area contributed by atoms with Gasteiger partial charge in [-0.25, -0.2) is 13.2 Å². The van der Waals surface area contributed by atoms with Gasteiger partial charge in [0.05, 0.1) is 15.4 Å². The first-order chi connectivity index (χ1) is 15.2. The van der Waals surface area contributed by atoms with Crippen LogP contribution in [-0.2, 0) is 15.3 Å². The Labute approximate surface area is 188 Å². The second-order valence-electron chi connectivity index (χ2n) is 8.50. The maximum Gasteiger partial charge on any atom is 0.335 e. The number of sulfone groups is 1. The van der Waals surface area contributed by atoms with E-state index in [0.717, 1.165) is 22.3 Å². The predicted octanol–water partition coefficient (Wildman–Crippen LogP) is 6.05. The zero-order chi connectivity index (χ0) is 22.9. The number of fused-ring (bicyclic) bond motifs is 1. The van der Waals surface area contributed by atoms with Crippen molar-refractivity contribution in [3.63, 3.8) is 0 Å². The molecule has 0 amide bonds. The van der Waals surface area contributed by atoms with Crippen LogP contribution < -0.4 is 0 Å². The highest BCUT2D eigenvalue weighted by atomic mass is 32.2. The molecule has 0 spiro atoms.